The van der Waals surface area contributed by atoms with Gasteiger partial charge in [-0.1, -0.05) is 25.7 Å². The van der Waals surface area contributed by atoms with Crippen LogP contribution in [0.5, 0.6) is 0 Å². The number of rotatable bonds is 4. The first-order valence-corrected chi connectivity index (χ1v) is 8.16. The third-order valence-electron chi connectivity index (χ3n) is 5.29. The molecule has 0 amide bonds. The summed E-state index contributed by atoms with van der Waals surface area (Å²) in [6, 6.07) is 0.522. The van der Waals surface area contributed by atoms with E-state index >= 15 is 0 Å². The highest BCUT2D eigenvalue weighted by molar-refractivity contribution is 5.75. The molecule has 0 aromatic carbocycles. The predicted octanol–water partition coefficient (Wildman–Crippen LogP) is 2.44. The molecule has 2 fully saturated rings. The lowest BCUT2D eigenvalue weighted by Gasteiger charge is -2.40. The van der Waals surface area contributed by atoms with Crippen molar-refractivity contribution in [1.82, 2.24) is 9.80 Å². The van der Waals surface area contributed by atoms with Gasteiger partial charge >= 0.3 is 5.97 Å². The molecule has 0 bridgehead atoms. The molecule has 1 N–H and O–H groups in total. The lowest BCUT2D eigenvalue weighted by molar-refractivity contribution is -0.151. The molecule has 0 aromatic heterocycles. The Hall–Kier alpha value is -0.610. The average molecular weight is 282 g/mol. The second-order valence-electron chi connectivity index (χ2n) is 6.97. The topological polar surface area (TPSA) is 43.8 Å². The summed E-state index contributed by atoms with van der Waals surface area (Å²) < 4.78 is 0. The van der Waals surface area contributed by atoms with Crippen molar-refractivity contribution in [1.29, 1.82) is 0 Å². The Morgan fingerprint density at radius 3 is 2.45 bits per heavy atom. The van der Waals surface area contributed by atoms with E-state index in [4.69, 9.17) is 0 Å². The number of hydrogen-bond donors (Lipinski definition) is 1. The number of likely N-dealkylation sites (tertiary alicyclic amines) is 1. The maximum atomic E-state index is 11.9. The van der Waals surface area contributed by atoms with Gasteiger partial charge in [-0.3, -0.25) is 4.79 Å². The van der Waals surface area contributed by atoms with Gasteiger partial charge in [0.25, 0.3) is 0 Å². The van der Waals surface area contributed by atoms with E-state index in [9.17, 15) is 9.90 Å². The van der Waals surface area contributed by atoms with Crippen LogP contribution in [0.15, 0.2) is 0 Å². The normalized spacial score (nSPS) is 28.2. The summed E-state index contributed by atoms with van der Waals surface area (Å²) in [7, 11) is 4.29. The van der Waals surface area contributed by atoms with Gasteiger partial charge in [-0.15, -0.1) is 0 Å². The van der Waals surface area contributed by atoms with Gasteiger partial charge in [0, 0.05) is 19.1 Å². The molecule has 1 saturated carbocycles. The maximum Gasteiger partial charge on any atom is 0.310 e. The molecular weight excluding hydrogens is 252 g/mol. The zero-order valence-corrected chi connectivity index (χ0v) is 13.1. The third-order valence-corrected chi connectivity index (χ3v) is 5.29. The zero-order valence-electron chi connectivity index (χ0n) is 13.1. The summed E-state index contributed by atoms with van der Waals surface area (Å²) in [6.07, 6.45) is 8.69. The average Bonchev–Trinajstić information content (AvgIpc) is 2.65. The first-order valence-electron chi connectivity index (χ1n) is 8.16. The number of nitrogens with zero attached hydrogens (tertiary/aromatic N) is 2. The monoisotopic (exact) mass is 282 g/mol. The maximum absolute atomic E-state index is 11.9. The molecule has 4 nitrogen and oxygen atoms in total. The number of piperidine rings is 1. The van der Waals surface area contributed by atoms with Gasteiger partial charge in [-0.2, -0.15) is 0 Å². The van der Waals surface area contributed by atoms with Crippen LogP contribution in [0, 0.1) is 5.41 Å². The molecular formula is C16H30N2O2. The van der Waals surface area contributed by atoms with Crippen molar-refractivity contribution in [2.24, 2.45) is 5.41 Å². The number of hydrogen-bond acceptors (Lipinski definition) is 3. The van der Waals surface area contributed by atoms with Crippen LogP contribution in [0.3, 0.4) is 0 Å². The van der Waals surface area contributed by atoms with Crippen LogP contribution in [-0.4, -0.2) is 60.6 Å². The van der Waals surface area contributed by atoms with Crippen LogP contribution in [-0.2, 0) is 4.79 Å². The van der Waals surface area contributed by atoms with Gasteiger partial charge in [0.05, 0.1) is 5.41 Å². The standard InChI is InChI=1S/C16H30N2O2/c1-17-11-7-8-14(12-17)18(2)13-16(15(19)20)9-5-3-4-6-10-16/h14H,3-13H2,1-2H3,(H,19,20). The van der Waals surface area contributed by atoms with Crippen LogP contribution >= 0.6 is 0 Å². The molecule has 0 aromatic rings. The highest BCUT2D eigenvalue weighted by Gasteiger charge is 2.40. The highest BCUT2D eigenvalue weighted by Crippen LogP contribution is 2.36. The molecule has 20 heavy (non-hydrogen) atoms. The number of likely N-dealkylation sites (N-methyl/N-ethyl adjacent to an activating group) is 2. The van der Waals surface area contributed by atoms with Crippen LogP contribution in [0.25, 0.3) is 0 Å². The molecule has 1 aliphatic heterocycles. The van der Waals surface area contributed by atoms with E-state index < -0.39 is 11.4 Å². The summed E-state index contributed by atoms with van der Waals surface area (Å²) in [5, 5.41) is 9.78. The summed E-state index contributed by atoms with van der Waals surface area (Å²) in [5.41, 5.74) is -0.499. The van der Waals surface area contributed by atoms with E-state index in [0.29, 0.717) is 6.04 Å². The molecule has 0 radical (unpaired) electrons. The highest BCUT2D eigenvalue weighted by atomic mass is 16.4. The molecule has 2 aliphatic rings. The first-order chi connectivity index (χ1) is 9.53. The van der Waals surface area contributed by atoms with Gasteiger partial charge in [-0.05, 0) is 46.3 Å². The Balaban J connectivity index is 2.01. The van der Waals surface area contributed by atoms with E-state index in [1.165, 1.54) is 32.2 Å². The summed E-state index contributed by atoms with van der Waals surface area (Å²) in [6.45, 7) is 2.97. The lowest BCUT2D eigenvalue weighted by atomic mass is 9.79. The Morgan fingerprint density at radius 1 is 1.25 bits per heavy atom. The minimum atomic E-state index is -0.574. The molecule has 1 saturated heterocycles. The second-order valence-corrected chi connectivity index (χ2v) is 6.97. The second kappa shape index (κ2) is 6.90. The van der Waals surface area contributed by atoms with Crippen LogP contribution in [0.4, 0.5) is 0 Å². The Labute approximate surface area is 123 Å². The summed E-state index contributed by atoms with van der Waals surface area (Å²) in [4.78, 5) is 16.6. The van der Waals surface area contributed by atoms with Gasteiger partial charge in [-0.25, -0.2) is 0 Å². The molecule has 2 rings (SSSR count). The predicted molar refractivity (Wildman–Crippen MR) is 80.9 cm³/mol. The molecule has 0 spiro atoms. The fourth-order valence-electron chi connectivity index (χ4n) is 3.95. The van der Waals surface area contributed by atoms with Crippen molar-refractivity contribution in [3.8, 4) is 0 Å². The van der Waals surface area contributed by atoms with Crippen molar-refractivity contribution < 1.29 is 9.90 Å². The molecule has 4 heteroatoms. The molecule has 116 valence electrons. The third kappa shape index (κ3) is 3.73. The van der Waals surface area contributed by atoms with Crippen LogP contribution in [0.1, 0.15) is 51.4 Å². The van der Waals surface area contributed by atoms with Crippen LogP contribution < -0.4 is 0 Å². The van der Waals surface area contributed by atoms with Gasteiger partial charge in [0.2, 0.25) is 0 Å². The minimum absolute atomic E-state index is 0.499. The lowest BCUT2D eigenvalue weighted by Crippen LogP contribution is -2.50. The SMILES string of the molecule is CN1CCCC(N(C)CC2(C(=O)O)CCCCCC2)C1. The Kier molecular flexibility index (Phi) is 5.44. The quantitative estimate of drug-likeness (QED) is 0.804. The van der Waals surface area contributed by atoms with Crippen molar-refractivity contribution in [3.05, 3.63) is 0 Å². The van der Waals surface area contributed by atoms with Crippen molar-refractivity contribution in [2.75, 3.05) is 33.7 Å². The smallest absolute Gasteiger partial charge is 0.310 e. The number of carbonyl (C=O) groups is 1. The summed E-state index contributed by atoms with van der Waals surface area (Å²) >= 11 is 0. The van der Waals surface area contributed by atoms with E-state index in [1.54, 1.807) is 0 Å². The van der Waals surface area contributed by atoms with E-state index in [2.05, 4.69) is 23.9 Å². The molecule has 1 aliphatic carbocycles. The number of aliphatic carboxylic acids is 1. The van der Waals surface area contributed by atoms with Gasteiger partial charge in [0.1, 0.15) is 0 Å². The van der Waals surface area contributed by atoms with E-state index in [-0.39, 0.29) is 0 Å². The van der Waals surface area contributed by atoms with Crippen molar-refractivity contribution >= 4 is 5.97 Å². The Bertz CT molecular complexity index is 324. The van der Waals surface area contributed by atoms with Gasteiger partial charge < -0.3 is 14.9 Å². The van der Waals surface area contributed by atoms with Crippen LogP contribution in [0.2, 0.25) is 0 Å². The van der Waals surface area contributed by atoms with E-state index in [0.717, 1.165) is 38.8 Å². The van der Waals surface area contributed by atoms with Crippen molar-refractivity contribution in [2.45, 2.75) is 57.4 Å². The summed E-state index contributed by atoms with van der Waals surface area (Å²) in [5.74, 6) is -0.574. The van der Waals surface area contributed by atoms with E-state index in [1.807, 2.05) is 0 Å². The minimum Gasteiger partial charge on any atom is -0.481 e. The number of carboxylic acid groups (broad SMARTS) is 1. The fraction of sp³-hybridized carbons (Fsp3) is 0.938. The zero-order chi connectivity index (χ0) is 14.6. The van der Waals surface area contributed by atoms with Crippen molar-refractivity contribution in [3.63, 3.8) is 0 Å². The molecule has 1 atom stereocenters. The largest absolute Gasteiger partial charge is 0.481 e. The number of carboxylic acids is 1. The van der Waals surface area contributed by atoms with Gasteiger partial charge in [0.15, 0.2) is 0 Å². The molecule has 1 heterocycles. The molecule has 1 unspecified atom stereocenters. The first kappa shape index (κ1) is 15.8. The fourth-order valence-corrected chi connectivity index (χ4v) is 3.95. The Morgan fingerprint density at radius 2 is 1.90 bits per heavy atom.